The Morgan fingerprint density at radius 1 is 1.20 bits per heavy atom. The smallest absolute Gasteiger partial charge is 0.324 e. The summed E-state index contributed by atoms with van der Waals surface area (Å²) >= 11 is 0. The number of hydroxylamine groups is 2. The molecule has 7 heteroatoms. The van der Waals surface area contributed by atoms with E-state index >= 15 is 0 Å². The number of imide groups is 1. The summed E-state index contributed by atoms with van der Waals surface area (Å²) in [5, 5.41) is 6.73. The molecule has 2 aromatic rings. The molecular formula is C13H9N3O4. The van der Waals surface area contributed by atoms with Gasteiger partial charge in [0.05, 0.1) is 17.3 Å². The third-order valence-electron chi connectivity index (χ3n) is 2.98. The van der Waals surface area contributed by atoms with Crippen LogP contribution in [0.25, 0.3) is 0 Å². The van der Waals surface area contributed by atoms with Crippen LogP contribution < -0.4 is 0 Å². The van der Waals surface area contributed by atoms with E-state index < -0.39 is 17.8 Å². The fraction of sp³-hybridized carbons (Fsp3) is 0.0769. The van der Waals surface area contributed by atoms with Crippen molar-refractivity contribution in [1.29, 1.82) is 0 Å². The molecule has 2 amide bonds. The lowest BCUT2D eigenvalue weighted by Gasteiger charge is -2.12. The highest BCUT2D eigenvalue weighted by Gasteiger charge is 2.39. The predicted molar refractivity (Wildman–Crippen MR) is 65.7 cm³/mol. The van der Waals surface area contributed by atoms with Crippen LogP contribution in [0.2, 0.25) is 0 Å². The maximum atomic E-state index is 12.0. The van der Waals surface area contributed by atoms with Gasteiger partial charge in [-0.15, -0.1) is 0 Å². The van der Waals surface area contributed by atoms with Crippen molar-refractivity contribution in [3.63, 3.8) is 0 Å². The van der Waals surface area contributed by atoms with Gasteiger partial charge in [-0.05, 0) is 19.1 Å². The number of carbonyl (C=O) groups is 3. The highest BCUT2D eigenvalue weighted by Crippen LogP contribution is 2.23. The van der Waals surface area contributed by atoms with E-state index in [1.54, 1.807) is 19.1 Å². The van der Waals surface area contributed by atoms with Crippen molar-refractivity contribution < 1.29 is 19.2 Å². The Morgan fingerprint density at radius 3 is 2.30 bits per heavy atom. The predicted octanol–water partition coefficient (Wildman–Crippen LogP) is 1.09. The van der Waals surface area contributed by atoms with Crippen LogP contribution in [0.15, 0.2) is 30.5 Å². The Morgan fingerprint density at radius 2 is 1.80 bits per heavy atom. The fourth-order valence-corrected chi connectivity index (χ4v) is 1.94. The van der Waals surface area contributed by atoms with E-state index in [4.69, 9.17) is 4.84 Å². The number of hydrogen-bond acceptors (Lipinski definition) is 5. The van der Waals surface area contributed by atoms with E-state index in [1.807, 2.05) is 0 Å². The number of fused-ring (bicyclic) bond motifs is 1. The van der Waals surface area contributed by atoms with E-state index in [0.717, 1.165) is 0 Å². The topological polar surface area (TPSA) is 92.4 Å². The van der Waals surface area contributed by atoms with Crippen molar-refractivity contribution in [3.8, 4) is 0 Å². The molecule has 7 nitrogen and oxygen atoms in total. The second kappa shape index (κ2) is 4.30. The number of nitrogens with one attached hydrogen (secondary N) is 1. The van der Waals surface area contributed by atoms with Crippen LogP contribution in [0.5, 0.6) is 0 Å². The molecule has 1 aliphatic rings. The number of nitrogens with zero attached hydrogens (tertiary/aromatic N) is 2. The minimum absolute atomic E-state index is 0.168. The standard InChI is InChI=1S/C13H9N3O4/c1-7-10(6-14-15-7)13(19)20-16-11(17)8-4-2-3-5-9(8)12(16)18/h2-6H,1H3,(H,14,15). The van der Waals surface area contributed by atoms with Gasteiger partial charge >= 0.3 is 5.97 Å². The molecule has 0 bridgehead atoms. The largest absolute Gasteiger partial charge is 0.367 e. The molecule has 1 N–H and O–H groups in total. The van der Waals surface area contributed by atoms with Crippen molar-refractivity contribution in [2.75, 3.05) is 0 Å². The number of amides is 2. The third kappa shape index (κ3) is 1.68. The van der Waals surface area contributed by atoms with Crippen molar-refractivity contribution >= 4 is 17.8 Å². The quantitative estimate of drug-likeness (QED) is 0.825. The molecule has 2 heterocycles. The molecule has 0 fully saturated rings. The Bertz CT molecular complexity index is 700. The van der Waals surface area contributed by atoms with Gasteiger partial charge in [0.15, 0.2) is 0 Å². The first-order chi connectivity index (χ1) is 9.59. The second-order valence-corrected chi connectivity index (χ2v) is 4.24. The number of hydrogen-bond donors (Lipinski definition) is 1. The zero-order valence-corrected chi connectivity index (χ0v) is 10.4. The maximum Gasteiger partial charge on any atom is 0.367 e. The van der Waals surface area contributed by atoms with E-state index in [1.165, 1.54) is 18.3 Å². The van der Waals surface area contributed by atoms with Crippen LogP contribution >= 0.6 is 0 Å². The van der Waals surface area contributed by atoms with Gasteiger partial charge < -0.3 is 4.84 Å². The minimum atomic E-state index is -0.814. The van der Waals surface area contributed by atoms with Gasteiger partial charge in [-0.2, -0.15) is 5.10 Å². The normalized spacial score (nSPS) is 13.6. The molecule has 0 unspecified atom stereocenters. The van der Waals surface area contributed by atoms with E-state index in [0.29, 0.717) is 10.8 Å². The van der Waals surface area contributed by atoms with Crippen LogP contribution in [0.3, 0.4) is 0 Å². The maximum absolute atomic E-state index is 12.0. The summed E-state index contributed by atoms with van der Waals surface area (Å²) in [4.78, 5) is 40.8. The molecule has 1 aliphatic heterocycles. The van der Waals surface area contributed by atoms with E-state index in [-0.39, 0.29) is 16.7 Å². The Labute approximate surface area is 113 Å². The minimum Gasteiger partial charge on any atom is -0.324 e. The number of aromatic amines is 1. The summed E-state index contributed by atoms with van der Waals surface area (Å²) in [6, 6.07) is 6.28. The van der Waals surface area contributed by atoms with Gasteiger partial charge in [0.25, 0.3) is 11.8 Å². The average molecular weight is 271 g/mol. The summed E-state index contributed by atoms with van der Waals surface area (Å²) in [5.74, 6) is -2.12. The molecule has 0 spiro atoms. The Kier molecular flexibility index (Phi) is 2.60. The highest BCUT2D eigenvalue weighted by atomic mass is 16.7. The lowest BCUT2D eigenvalue weighted by Crippen LogP contribution is -2.32. The lowest BCUT2D eigenvalue weighted by atomic mass is 10.1. The molecule has 100 valence electrons. The molecule has 0 saturated heterocycles. The SMILES string of the molecule is Cc1[nH]ncc1C(=O)ON1C(=O)c2ccccc2C1=O. The summed E-state index contributed by atoms with van der Waals surface area (Å²) in [6.45, 7) is 1.63. The first-order valence-corrected chi connectivity index (χ1v) is 5.79. The van der Waals surface area contributed by atoms with Crippen LogP contribution in [0, 0.1) is 6.92 Å². The number of rotatable bonds is 2. The van der Waals surface area contributed by atoms with Gasteiger partial charge in [0, 0.05) is 5.69 Å². The van der Waals surface area contributed by atoms with Gasteiger partial charge in [0.1, 0.15) is 5.56 Å². The molecule has 1 aromatic heterocycles. The Balaban J connectivity index is 1.87. The molecule has 0 radical (unpaired) electrons. The van der Waals surface area contributed by atoms with Gasteiger partial charge in [-0.3, -0.25) is 14.7 Å². The lowest BCUT2D eigenvalue weighted by molar-refractivity contribution is -0.0585. The van der Waals surface area contributed by atoms with Gasteiger partial charge in [0.2, 0.25) is 0 Å². The molecule has 1 aromatic carbocycles. The number of aromatic nitrogens is 2. The van der Waals surface area contributed by atoms with Crippen LogP contribution in [-0.2, 0) is 4.84 Å². The molecule has 0 atom stereocenters. The number of H-pyrrole nitrogens is 1. The Hall–Kier alpha value is -2.96. The van der Waals surface area contributed by atoms with Gasteiger partial charge in [-0.1, -0.05) is 17.2 Å². The molecule has 20 heavy (non-hydrogen) atoms. The number of benzene rings is 1. The van der Waals surface area contributed by atoms with E-state index in [9.17, 15) is 14.4 Å². The third-order valence-corrected chi connectivity index (χ3v) is 2.98. The summed E-state index contributed by atoms with van der Waals surface area (Å²) in [5.41, 5.74) is 1.09. The van der Waals surface area contributed by atoms with Crippen molar-refractivity contribution in [3.05, 3.63) is 52.8 Å². The zero-order valence-electron chi connectivity index (χ0n) is 10.4. The van der Waals surface area contributed by atoms with Gasteiger partial charge in [-0.25, -0.2) is 4.79 Å². The summed E-state index contributed by atoms with van der Waals surface area (Å²) in [6.07, 6.45) is 1.27. The summed E-state index contributed by atoms with van der Waals surface area (Å²) in [7, 11) is 0. The van der Waals surface area contributed by atoms with Crippen LogP contribution in [-0.4, -0.2) is 33.0 Å². The van der Waals surface area contributed by atoms with Crippen molar-refractivity contribution in [2.45, 2.75) is 6.92 Å². The van der Waals surface area contributed by atoms with Crippen LogP contribution in [0.4, 0.5) is 0 Å². The summed E-state index contributed by atoms with van der Waals surface area (Å²) < 4.78 is 0. The highest BCUT2D eigenvalue weighted by molar-refractivity contribution is 6.21. The zero-order chi connectivity index (χ0) is 14.3. The molecular weight excluding hydrogens is 262 g/mol. The fourth-order valence-electron chi connectivity index (χ4n) is 1.94. The first kappa shape index (κ1) is 12.1. The number of carbonyl (C=O) groups excluding carboxylic acids is 3. The molecule has 0 saturated carbocycles. The monoisotopic (exact) mass is 271 g/mol. The average Bonchev–Trinajstić information content (AvgIpc) is 2.97. The molecule has 3 rings (SSSR count). The second-order valence-electron chi connectivity index (χ2n) is 4.24. The number of aryl methyl sites for hydroxylation is 1. The van der Waals surface area contributed by atoms with E-state index in [2.05, 4.69) is 10.2 Å². The van der Waals surface area contributed by atoms with Crippen molar-refractivity contribution in [2.24, 2.45) is 0 Å². The van der Waals surface area contributed by atoms with Crippen LogP contribution in [0.1, 0.15) is 36.8 Å². The van der Waals surface area contributed by atoms with Crippen molar-refractivity contribution in [1.82, 2.24) is 15.3 Å². The first-order valence-electron chi connectivity index (χ1n) is 5.79. The molecule has 0 aliphatic carbocycles.